The van der Waals surface area contributed by atoms with E-state index in [0.29, 0.717) is 5.92 Å². The van der Waals surface area contributed by atoms with Crippen molar-refractivity contribution in [3.05, 3.63) is 23.8 Å². The van der Waals surface area contributed by atoms with Gasteiger partial charge in [0, 0.05) is 6.92 Å². The van der Waals surface area contributed by atoms with Crippen LogP contribution in [0, 0.1) is 5.92 Å². The highest BCUT2D eigenvalue weighted by Gasteiger charge is 2.19. The lowest BCUT2D eigenvalue weighted by Gasteiger charge is -2.13. The molecule has 13 heavy (non-hydrogen) atoms. The third-order valence-electron chi connectivity index (χ3n) is 2.52. The van der Waals surface area contributed by atoms with Gasteiger partial charge < -0.3 is 4.74 Å². The van der Waals surface area contributed by atoms with E-state index in [1.165, 1.54) is 5.57 Å². The largest absolute Gasteiger partial charge is 0.479 e. The molecule has 2 aliphatic rings. The van der Waals surface area contributed by atoms with Gasteiger partial charge in [0.1, 0.15) is 12.6 Å². The molecule has 2 atom stereocenters. The molecule has 0 aromatic carbocycles. The molecule has 0 aromatic rings. The third kappa shape index (κ3) is 1.82. The molecule has 1 heterocycles. The summed E-state index contributed by atoms with van der Waals surface area (Å²) in [4.78, 5) is 4.41. The summed E-state index contributed by atoms with van der Waals surface area (Å²) in [7, 11) is 0. The Hall–Kier alpha value is -1.05. The Bertz CT molecular complexity index is 288. The average Bonchev–Trinajstić information content (AvgIpc) is 2.53. The van der Waals surface area contributed by atoms with Crippen LogP contribution in [-0.4, -0.2) is 18.5 Å². The first-order valence-corrected chi connectivity index (χ1v) is 4.81. The fraction of sp³-hybridized carbons (Fsp3) is 0.545. The topological polar surface area (TPSA) is 21.6 Å². The van der Waals surface area contributed by atoms with Crippen LogP contribution >= 0.6 is 0 Å². The van der Waals surface area contributed by atoms with Gasteiger partial charge >= 0.3 is 0 Å². The predicted octanol–water partition coefficient (Wildman–Crippen LogP) is 2.33. The zero-order chi connectivity index (χ0) is 9.26. The molecule has 2 unspecified atom stereocenters. The van der Waals surface area contributed by atoms with Crippen LogP contribution in [0.1, 0.15) is 20.3 Å². The molecule has 0 fully saturated rings. The van der Waals surface area contributed by atoms with Gasteiger partial charge in [-0.05, 0) is 17.9 Å². The first kappa shape index (κ1) is 8.54. The molecule has 2 rings (SSSR count). The zero-order valence-electron chi connectivity index (χ0n) is 8.16. The molecular formula is C11H15NO. The standard InChI is InChI=1S/C11H15NO/c1-8-3-5-10(6-4-8)11-7-13-9(2)12-11/h3,5-6,8,11H,4,7H2,1-2H3. The second kappa shape index (κ2) is 3.36. The summed E-state index contributed by atoms with van der Waals surface area (Å²) in [6.07, 6.45) is 7.85. The van der Waals surface area contributed by atoms with Crippen molar-refractivity contribution in [2.45, 2.75) is 26.3 Å². The quantitative estimate of drug-likeness (QED) is 0.602. The summed E-state index contributed by atoms with van der Waals surface area (Å²) < 4.78 is 5.32. The van der Waals surface area contributed by atoms with Gasteiger partial charge in [0.15, 0.2) is 5.90 Å². The summed E-state index contributed by atoms with van der Waals surface area (Å²) in [6, 6.07) is 0.253. The van der Waals surface area contributed by atoms with Gasteiger partial charge in [-0.1, -0.05) is 25.2 Å². The number of ether oxygens (including phenoxy) is 1. The van der Waals surface area contributed by atoms with E-state index in [0.717, 1.165) is 18.9 Å². The lowest BCUT2D eigenvalue weighted by Crippen LogP contribution is -2.11. The highest BCUT2D eigenvalue weighted by atomic mass is 16.5. The van der Waals surface area contributed by atoms with Crippen LogP contribution < -0.4 is 0 Å². The first-order valence-electron chi connectivity index (χ1n) is 4.81. The summed E-state index contributed by atoms with van der Waals surface area (Å²) >= 11 is 0. The van der Waals surface area contributed by atoms with E-state index in [4.69, 9.17) is 4.74 Å². The smallest absolute Gasteiger partial charge is 0.180 e. The first-order chi connectivity index (χ1) is 6.25. The normalized spacial score (nSPS) is 32.5. The van der Waals surface area contributed by atoms with Crippen LogP contribution in [-0.2, 0) is 4.74 Å². The molecule has 2 heteroatoms. The number of rotatable bonds is 1. The Morgan fingerprint density at radius 2 is 2.38 bits per heavy atom. The molecule has 0 radical (unpaired) electrons. The summed E-state index contributed by atoms with van der Waals surface area (Å²) in [6.45, 7) is 4.86. The molecule has 0 amide bonds. The Morgan fingerprint density at radius 1 is 1.54 bits per heavy atom. The van der Waals surface area contributed by atoms with Gasteiger partial charge in [0.25, 0.3) is 0 Å². The van der Waals surface area contributed by atoms with Crippen molar-refractivity contribution in [2.24, 2.45) is 10.9 Å². The van der Waals surface area contributed by atoms with Crippen molar-refractivity contribution in [1.29, 1.82) is 0 Å². The monoisotopic (exact) mass is 177 g/mol. The SMILES string of the molecule is CC1=NC(C2=CCC(C)C=C2)CO1. The average molecular weight is 177 g/mol. The second-order valence-corrected chi connectivity index (χ2v) is 3.75. The molecule has 0 N–H and O–H groups in total. The lowest BCUT2D eigenvalue weighted by molar-refractivity contribution is 0.326. The van der Waals surface area contributed by atoms with Gasteiger partial charge in [-0.15, -0.1) is 0 Å². The highest BCUT2D eigenvalue weighted by Crippen LogP contribution is 2.22. The summed E-state index contributed by atoms with van der Waals surface area (Å²) in [5, 5.41) is 0. The molecular weight excluding hydrogens is 162 g/mol. The van der Waals surface area contributed by atoms with Gasteiger partial charge in [-0.2, -0.15) is 0 Å². The van der Waals surface area contributed by atoms with Crippen LogP contribution in [0.2, 0.25) is 0 Å². The molecule has 0 saturated carbocycles. The number of aliphatic imine (C=N–C) groups is 1. The second-order valence-electron chi connectivity index (χ2n) is 3.75. The molecule has 0 saturated heterocycles. The van der Waals surface area contributed by atoms with E-state index < -0.39 is 0 Å². The molecule has 2 nitrogen and oxygen atoms in total. The predicted molar refractivity (Wildman–Crippen MR) is 53.9 cm³/mol. The Balaban J connectivity index is 2.07. The van der Waals surface area contributed by atoms with E-state index in [9.17, 15) is 0 Å². The van der Waals surface area contributed by atoms with Crippen LogP contribution in [0.5, 0.6) is 0 Å². The molecule has 1 aliphatic carbocycles. The molecule has 0 spiro atoms. The van der Waals surface area contributed by atoms with Crippen molar-refractivity contribution < 1.29 is 4.74 Å². The number of hydrogen-bond acceptors (Lipinski definition) is 2. The molecule has 1 aliphatic heterocycles. The van der Waals surface area contributed by atoms with Crippen LogP contribution in [0.4, 0.5) is 0 Å². The number of nitrogens with zero attached hydrogens (tertiary/aromatic N) is 1. The van der Waals surface area contributed by atoms with Crippen molar-refractivity contribution >= 4 is 5.90 Å². The zero-order valence-corrected chi connectivity index (χ0v) is 8.16. The van der Waals surface area contributed by atoms with Gasteiger partial charge in [-0.3, -0.25) is 0 Å². The maximum absolute atomic E-state index is 5.32. The Labute approximate surface area is 79.0 Å². The molecule has 70 valence electrons. The minimum Gasteiger partial charge on any atom is -0.479 e. The van der Waals surface area contributed by atoms with E-state index in [2.05, 4.69) is 30.1 Å². The maximum atomic E-state index is 5.32. The number of hydrogen-bond donors (Lipinski definition) is 0. The fourth-order valence-electron chi connectivity index (χ4n) is 1.66. The van der Waals surface area contributed by atoms with Crippen molar-refractivity contribution in [3.8, 4) is 0 Å². The van der Waals surface area contributed by atoms with Gasteiger partial charge in [0.05, 0.1) is 0 Å². The van der Waals surface area contributed by atoms with E-state index in [1.807, 2.05) is 6.92 Å². The van der Waals surface area contributed by atoms with Gasteiger partial charge in [-0.25, -0.2) is 4.99 Å². The fourth-order valence-corrected chi connectivity index (χ4v) is 1.66. The maximum Gasteiger partial charge on any atom is 0.180 e. The van der Waals surface area contributed by atoms with Crippen LogP contribution in [0.15, 0.2) is 28.8 Å². The van der Waals surface area contributed by atoms with Crippen molar-refractivity contribution in [1.82, 2.24) is 0 Å². The van der Waals surface area contributed by atoms with Crippen LogP contribution in [0.25, 0.3) is 0 Å². The minimum absolute atomic E-state index is 0.253. The van der Waals surface area contributed by atoms with E-state index >= 15 is 0 Å². The molecule has 0 bridgehead atoms. The summed E-state index contributed by atoms with van der Waals surface area (Å²) in [5.41, 5.74) is 1.31. The van der Waals surface area contributed by atoms with Gasteiger partial charge in [0.2, 0.25) is 0 Å². The molecule has 0 aromatic heterocycles. The number of allylic oxidation sites excluding steroid dienone is 2. The highest BCUT2D eigenvalue weighted by molar-refractivity contribution is 5.75. The minimum atomic E-state index is 0.253. The van der Waals surface area contributed by atoms with Crippen molar-refractivity contribution in [2.75, 3.05) is 6.61 Å². The lowest BCUT2D eigenvalue weighted by atomic mass is 9.95. The van der Waals surface area contributed by atoms with E-state index in [1.54, 1.807) is 0 Å². The van der Waals surface area contributed by atoms with Crippen molar-refractivity contribution in [3.63, 3.8) is 0 Å². The Morgan fingerprint density at radius 3 is 2.92 bits per heavy atom. The van der Waals surface area contributed by atoms with E-state index in [-0.39, 0.29) is 6.04 Å². The summed E-state index contributed by atoms with van der Waals surface area (Å²) in [5.74, 6) is 1.49. The third-order valence-corrected chi connectivity index (χ3v) is 2.52. The van der Waals surface area contributed by atoms with Crippen LogP contribution in [0.3, 0.4) is 0 Å². The Kier molecular flexibility index (Phi) is 2.21.